The number of nitrogens with one attached hydrogen (secondary N) is 3. The molecule has 0 radical (unpaired) electrons. The second kappa shape index (κ2) is 10.4. The number of ketones is 1. The summed E-state index contributed by atoms with van der Waals surface area (Å²) in [4.78, 5) is 29.4. The van der Waals surface area contributed by atoms with Gasteiger partial charge in [-0.15, -0.1) is 0 Å². The Morgan fingerprint density at radius 1 is 0.971 bits per heavy atom. The van der Waals surface area contributed by atoms with Crippen molar-refractivity contribution in [3.8, 4) is 0 Å². The molecule has 0 aliphatic heterocycles. The van der Waals surface area contributed by atoms with Gasteiger partial charge in [0.25, 0.3) is 5.91 Å². The number of para-hydroxylation sites is 1. The third kappa shape index (κ3) is 4.87. The zero-order valence-electron chi connectivity index (χ0n) is 19.6. The number of aromatic amines is 1. The molecule has 4 rings (SSSR count). The lowest BCUT2D eigenvalue weighted by molar-refractivity contribution is -0.124. The Morgan fingerprint density at radius 3 is 2.44 bits per heavy atom. The van der Waals surface area contributed by atoms with Crippen molar-refractivity contribution in [2.45, 2.75) is 32.4 Å². The average Bonchev–Trinajstić information content (AvgIpc) is 3.31. The van der Waals surface area contributed by atoms with Gasteiger partial charge in [-0.2, -0.15) is 0 Å². The normalized spacial score (nSPS) is 12.8. The number of amides is 1. The number of H-pyrrole nitrogens is 1. The van der Waals surface area contributed by atoms with E-state index in [1.807, 2.05) is 60.7 Å². The van der Waals surface area contributed by atoms with Crippen LogP contribution >= 0.6 is 0 Å². The molecule has 0 fully saturated rings. The maximum Gasteiger partial charge on any atom is 0.253 e. The maximum atomic E-state index is 13.8. The van der Waals surface area contributed by atoms with Crippen LogP contribution in [0.3, 0.4) is 0 Å². The number of aromatic nitrogens is 1. The SMILES string of the molecule is CCc1cccc2c(C(=O)C(Nc3cccc(NC(=O)C(C)OC)c3)c3ccccc3)c[nH]c12. The van der Waals surface area contributed by atoms with E-state index in [1.165, 1.54) is 12.7 Å². The number of hydrogen-bond acceptors (Lipinski definition) is 4. The molecule has 174 valence electrons. The summed E-state index contributed by atoms with van der Waals surface area (Å²) < 4.78 is 5.09. The van der Waals surface area contributed by atoms with Gasteiger partial charge in [0.05, 0.1) is 0 Å². The number of anilines is 2. The van der Waals surface area contributed by atoms with Gasteiger partial charge in [0.1, 0.15) is 12.1 Å². The van der Waals surface area contributed by atoms with E-state index in [2.05, 4.69) is 28.6 Å². The zero-order chi connectivity index (χ0) is 24.1. The molecule has 3 N–H and O–H groups in total. The number of Topliss-reactive ketones (excluding diaryl/α,β-unsaturated/α-hetero) is 1. The van der Waals surface area contributed by atoms with Crippen molar-refractivity contribution in [1.82, 2.24) is 4.98 Å². The second-order valence-corrected chi connectivity index (χ2v) is 8.20. The highest BCUT2D eigenvalue weighted by Crippen LogP contribution is 2.30. The van der Waals surface area contributed by atoms with E-state index in [-0.39, 0.29) is 11.7 Å². The molecule has 4 aromatic rings. The van der Waals surface area contributed by atoms with Crippen LogP contribution in [0.25, 0.3) is 10.9 Å². The summed E-state index contributed by atoms with van der Waals surface area (Å²) in [5.74, 6) is -0.269. The number of carbonyl (C=O) groups excluding carboxylic acids is 2. The van der Waals surface area contributed by atoms with Gasteiger partial charge in [0, 0.05) is 41.1 Å². The third-order valence-electron chi connectivity index (χ3n) is 6.01. The van der Waals surface area contributed by atoms with E-state index in [9.17, 15) is 9.59 Å². The van der Waals surface area contributed by atoms with Crippen molar-refractivity contribution in [2.75, 3.05) is 17.7 Å². The lowest BCUT2D eigenvalue weighted by Crippen LogP contribution is -2.26. The highest BCUT2D eigenvalue weighted by molar-refractivity contribution is 6.12. The van der Waals surface area contributed by atoms with Crippen LogP contribution in [-0.4, -0.2) is 29.9 Å². The predicted octanol–water partition coefficient (Wildman–Crippen LogP) is 5.74. The Labute approximate surface area is 199 Å². The molecule has 34 heavy (non-hydrogen) atoms. The van der Waals surface area contributed by atoms with E-state index in [0.29, 0.717) is 11.3 Å². The molecule has 2 unspecified atom stereocenters. The number of fused-ring (bicyclic) bond motifs is 1. The first-order valence-corrected chi connectivity index (χ1v) is 11.4. The molecule has 1 heterocycles. The summed E-state index contributed by atoms with van der Waals surface area (Å²) in [7, 11) is 1.49. The fraction of sp³-hybridized carbons (Fsp3) is 0.214. The second-order valence-electron chi connectivity index (χ2n) is 8.20. The van der Waals surface area contributed by atoms with Crippen molar-refractivity contribution in [2.24, 2.45) is 0 Å². The van der Waals surface area contributed by atoms with E-state index in [0.717, 1.165) is 28.6 Å². The Hall–Kier alpha value is -3.90. The molecule has 0 aliphatic carbocycles. The van der Waals surface area contributed by atoms with Crippen LogP contribution in [0.15, 0.2) is 79.0 Å². The van der Waals surface area contributed by atoms with Gasteiger partial charge in [0.2, 0.25) is 0 Å². The van der Waals surface area contributed by atoms with Crippen molar-refractivity contribution < 1.29 is 14.3 Å². The van der Waals surface area contributed by atoms with Crippen LogP contribution in [0.5, 0.6) is 0 Å². The topological polar surface area (TPSA) is 83.2 Å². The molecule has 0 saturated heterocycles. The lowest BCUT2D eigenvalue weighted by Gasteiger charge is -2.20. The van der Waals surface area contributed by atoms with Crippen LogP contribution in [0.1, 0.15) is 41.4 Å². The molecule has 0 aliphatic rings. The summed E-state index contributed by atoms with van der Waals surface area (Å²) in [6.07, 6.45) is 2.11. The van der Waals surface area contributed by atoms with E-state index < -0.39 is 12.1 Å². The van der Waals surface area contributed by atoms with Crippen molar-refractivity contribution in [3.63, 3.8) is 0 Å². The summed E-state index contributed by atoms with van der Waals surface area (Å²) in [5.41, 5.74) is 5.02. The fourth-order valence-corrected chi connectivity index (χ4v) is 4.02. The molecule has 0 spiro atoms. The predicted molar refractivity (Wildman–Crippen MR) is 136 cm³/mol. The number of hydrogen-bond donors (Lipinski definition) is 3. The van der Waals surface area contributed by atoms with Crippen LogP contribution < -0.4 is 10.6 Å². The van der Waals surface area contributed by atoms with Crippen LogP contribution in [0.2, 0.25) is 0 Å². The highest BCUT2D eigenvalue weighted by Gasteiger charge is 2.25. The molecule has 0 bridgehead atoms. The largest absolute Gasteiger partial charge is 0.372 e. The van der Waals surface area contributed by atoms with Crippen LogP contribution in [0, 0.1) is 0 Å². The quantitative estimate of drug-likeness (QED) is 0.281. The van der Waals surface area contributed by atoms with Gasteiger partial charge >= 0.3 is 0 Å². The number of benzene rings is 3. The Kier molecular flexibility index (Phi) is 7.09. The first-order chi connectivity index (χ1) is 16.5. The van der Waals surface area contributed by atoms with Crippen molar-refractivity contribution in [1.29, 1.82) is 0 Å². The lowest BCUT2D eigenvalue weighted by atomic mass is 9.96. The minimum Gasteiger partial charge on any atom is -0.372 e. The van der Waals surface area contributed by atoms with Crippen LogP contribution in [-0.2, 0) is 16.0 Å². The average molecular weight is 456 g/mol. The first-order valence-electron chi connectivity index (χ1n) is 11.4. The summed E-state index contributed by atoms with van der Waals surface area (Å²) >= 11 is 0. The number of rotatable bonds is 9. The molecule has 6 nitrogen and oxygen atoms in total. The number of aryl methyl sites for hydroxylation is 1. The Bertz CT molecular complexity index is 1300. The molecular formula is C28H29N3O3. The van der Waals surface area contributed by atoms with Gasteiger partial charge < -0.3 is 20.4 Å². The summed E-state index contributed by atoms with van der Waals surface area (Å²) in [5, 5.41) is 7.15. The van der Waals surface area contributed by atoms with Gasteiger partial charge in [-0.25, -0.2) is 0 Å². The highest BCUT2D eigenvalue weighted by atomic mass is 16.5. The van der Waals surface area contributed by atoms with Crippen LogP contribution in [0.4, 0.5) is 11.4 Å². The van der Waals surface area contributed by atoms with E-state index >= 15 is 0 Å². The molecule has 2 atom stereocenters. The third-order valence-corrected chi connectivity index (χ3v) is 6.01. The summed E-state index contributed by atoms with van der Waals surface area (Å²) in [6.45, 7) is 3.79. The van der Waals surface area contributed by atoms with E-state index in [4.69, 9.17) is 4.74 Å². The zero-order valence-corrected chi connectivity index (χ0v) is 19.6. The van der Waals surface area contributed by atoms with Gasteiger partial charge in [-0.1, -0.05) is 61.5 Å². The molecule has 3 aromatic carbocycles. The number of methoxy groups -OCH3 is 1. The molecule has 1 aromatic heterocycles. The maximum absolute atomic E-state index is 13.8. The molecule has 6 heteroatoms. The number of carbonyl (C=O) groups is 2. The smallest absolute Gasteiger partial charge is 0.253 e. The minimum absolute atomic E-state index is 0.0341. The van der Waals surface area contributed by atoms with E-state index in [1.54, 1.807) is 19.2 Å². The monoisotopic (exact) mass is 455 g/mol. The van der Waals surface area contributed by atoms with Crippen molar-refractivity contribution >= 4 is 34.0 Å². The molecule has 0 saturated carbocycles. The fourth-order valence-electron chi connectivity index (χ4n) is 4.02. The van der Waals surface area contributed by atoms with Gasteiger partial charge in [0.15, 0.2) is 5.78 Å². The minimum atomic E-state index is -0.602. The van der Waals surface area contributed by atoms with Gasteiger partial charge in [-0.3, -0.25) is 9.59 Å². The summed E-state index contributed by atoms with van der Waals surface area (Å²) in [6, 6.07) is 22.4. The Balaban J connectivity index is 1.67. The Morgan fingerprint density at radius 2 is 1.71 bits per heavy atom. The number of ether oxygens (including phenoxy) is 1. The molecular weight excluding hydrogens is 426 g/mol. The van der Waals surface area contributed by atoms with Crippen molar-refractivity contribution in [3.05, 3.63) is 95.7 Å². The standard InChI is InChI=1S/C28H29N3O3/c1-4-19-12-8-15-23-24(17-29-25(19)23)27(32)26(20-10-6-5-7-11-20)30-21-13-9-14-22(16-21)31-28(33)18(2)34-3/h5-18,26,29-30H,4H2,1-3H3,(H,31,33). The van der Waals surface area contributed by atoms with Gasteiger partial charge in [-0.05, 0) is 42.7 Å². The molecule has 1 amide bonds. The first kappa shape index (κ1) is 23.3.